The third-order valence-electron chi connectivity index (χ3n) is 1.84. The second-order valence-corrected chi connectivity index (χ2v) is 4.36. The van der Waals surface area contributed by atoms with Crippen LogP contribution in [0.3, 0.4) is 0 Å². The standard InChI is InChI=1S/C10H9FOS2/c1-2-12-8-5-7(13)3-6-4-9(11)14-10(6)8/h3-5,13H,2H2,1H3. The van der Waals surface area contributed by atoms with Crippen molar-refractivity contribution in [3.05, 3.63) is 23.3 Å². The minimum Gasteiger partial charge on any atom is -0.492 e. The van der Waals surface area contributed by atoms with Gasteiger partial charge in [-0.05, 0) is 25.1 Å². The molecule has 0 aliphatic heterocycles. The van der Waals surface area contributed by atoms with E-state index >= 15 is 0 Å². The molecule has 0 N–H and O–H groups in total. The Bertz CT molecular complexity index is 464. The first-order valence-corrected chi connectivity index (χ1v) is 5.52. The summed E-state index contributed by atoms with van der Waals surface area (Å²) in [5.74, 6) is 0.712. The number of benzene rings is 1. The highest BCUT2D eigenvalue weighted by Gasteiger charge is 2.08. The predicted molar refractivity (Wildman–Crippen MR) is 60.2 cm³/mol. The highest BCUT2D eigenvalue weighted by atomic mass is 32.1. The third-order valence-corrected chi connectivity index (χ3v) is 3.05. The minimum absolute atomic E-state index is 0.195. The molecule has 74 valence electrons. The van der Waals surface area contributed by atoms with Crippen molar-refractivity contribution in [2.75, 3.05) is 6.61 Å². The van der Waals surface area contributed by atoms with Gasteiger partial charge in [0.25, 0.3) is 0 Å². The Labute approximate surface area is 90.9 Å². The molecule has 0 spiro atoms. The summed E-state index contributed by atoms with van der Waals surface area (Å²) in [5, 5.41) is 0.656. The smallest absolute Gasteiger partial charge is 0.177 e. The van der Waals surface area contributed by atoms with Crippen LogP contribution in [0.5, 0.6) is 5.75 Å². The van der Waals surface area contributed by atoms with Crippen molar-refractivity contribution in [1.82, 2.24) is 0 Å². The molecule has 14 heavy (non-hydrogen) atoms. The summed E-state index contributed by atoms with van der Waals surface area (Å²) < 4.78 is 19.3. The van der Waals surface area contributed by atoms with Gasteiger partial charge in [-0.1, -0.05) is 0 Å². The van der Waals surface area contributed by atoms with E-state index in [9.17, 15) is 4.39 Å². The lowest BCUT2D eigenvalue weighted by atomic mass is 10.2. The van der Waals surface area contributed by atoms with Crippen LogP contribution < -0.4 is 4.74 Å². The second kappa shape index (κ2) is 3.79. The number of halogens is 1. The van der Waals surface area contributed by atoms with Crippen molar-refractivity contribution in [2.24, 2.45) is 0 Å². The van der Waals surface area contributed by atoms with Crippen LogP contribution in [0.25, 0.3) is 10.1 Å². The van der Waals surface area contributed by atoms with E-state index in [0.717, 1.165) is 26.3 Å². The molecular formula is C10H9FOS2. The number of hydrogen-bond acceptors (Lipinski definition) is 3. The van der Waals surface area contributed by atoms with Gasteiger partial charge >= 0.3 is 0 Å². The van der Waals surface area contributed by atoms with Gasteiger partial charge in [-0.2, -0.15) is 4.39 Å². The van der Waals surface area contributed by atoms with Crippen LogP contribution in [-0.4, -0.2) is 6.61 Å². The van der Waals surface area contributed by atoms with Gasteiger partial charge in [-0.3, -0.25) is 0 Å². The lowest BCUT2D eigenvalue weighted by Gasteiger charge is -2.04. The highest BCUT2D eigenvalue weighted by Crippen LogP contribution is 2.35. The molecule has 1 aromatic heterocycles. The molecule has 0 aliphatic carbocycles. The van der Waals surface area contributed by atoms with Crippen LogP contribution in [0.2, 0.25) is 0 Å². The molecule has 0 unspecified atom stereocenters. The lowest BCUT2D eigenvalue weighted by Crippen LogP contribution is -1.91. The average molecular weight is 228 g/mol. The molecule has 1 heterocycles. The summed E-state index contributed by atoms with van der Waals surface area (Å²) in [4.78, 5) is 0.791. The molecule has 0 atom stereocenters. The molecule has 0 amide bonds. The van der Waals surface area contributed by atoms with Crippen molar-refractivity contribution < 1.29 is 9.13 Å². The van der Waals surface area contributed by atoms with Crippen LogP contribution in [-0.2, 0) is 0 Å². The van der Waals surface area contributed by atoms with Crippen LogP contribution in [0.15, 0.2) is 23.1 Å². The number of ether oxygens (including phenoxy) is 1. The van der Waals surface area contributed by atoms with E-state index < -0.39 is 0 Å². The molecule has 0 bridgehead atoms. The van der Waals surface area contributed by atoms with E-state index in [2.05, 4.69) is 12.6 Å². The molecule has 4 heteroatoms. The fourth-order valence-corrected chi connectivity index (χ4v) is 2.43. The summed E-state index contributed by atoms with van der Waals surface area (Å²) in [6.07, 6.45) is 0. The Morgan fingerprint density at radius 3 is 2.93 bits per heavy atom. The number of rotatable bonds is 2. The van der Waals surface area contributed by atoms with Crippen molar-refractivity contribution in [3.63, 3.8) is 0 Å². The normalized spacial score (nSPS) is 10.8. The van der Waals surface area contributed by atoms with Crippen molar-refractivity contribution >= 4 is 34.1 Å². The van der Waals surface area contributed by atoms with E-state index in [4.69, 9.17) is 4.74 Å². The first-order chi connectivity index (χ1) is 6.70. The fraction of sp³-hybridized carbons (Fsp3) is 0.200. The van der Waals surface area contributed by atoms with E-state index in [1.54, 1.807) is 0 Å². The SMILES string of the molecule is CCOc1cc(S)cc2cc(F)sc12. The van der Waals surface area contributed by atoms with Crippen LogP contribution in [0.4, 0.5) is 4.39 Å². The first kappa shape index (κ1) is 9.80. The highest BCUT2D eigenvalue weighted by molar-refractivity contribution is 7.80. The summed E-state index contributed by atoms with van der Waals surface area (Å²) in [7, 11) is 0. The third kappa shape index (κ3) is 1.72. The summed E-state index contributed by atoms with van der Waals surface area (Å²) in [5.41, 5.74) is 0. The van der Waals surface area contributed by atoms with Crippen molar-refractivity contribution in [1.29, 1.82) is 0 Å². The second-order valence-electron chi connectivity index (χ2n) is 2.85. The van der Waals surface area contributed by atoms with Gasteiger partial charge in [0.1, 0.15) is 5.75 Å². The summed E-state index contributed by atoms with van der Waals surface area (Å²) in [6.45, 7) is 2.48. The Kier molecular flexibility index (Phi) is 2.65. The van der Waals surface area contributed by atoms with Crippen LogP contribution in [0, 0.1) is 5.13 Å². The van der Waals surface area contributed by atoms with Gasteiger partial charge < -0.3 is 4.74 Å². The molecule has 2 aromatic rings. The van der Waals surface area contributed by atoms with Gasteiger partial charge in [0.15, 0.2) is 5.13 Å². The maximum absolute atomic E-state index is 13.0. The quantitative estimate of drug-likeness (QED) is 0.771. The van der Waals surface area contributed by atoms with Gasteiger partial charge in [0.2, 0.25) is 0 Å². The molecule has 0 fully saturated rings. The van der Waals surface area contributed by atoms with Gasteiger partial charge in [-0.25, -0.2) is 0 Å². The molecule has 1 aromatic carbocycles. The Morgan fingerprint density at radius 2 is 2.21 bits per heavy atom. The summed E-state index contributed by atoms with van der Waals surface area (Å²) in [6, 6.07) is 5.15. The first-order valence-electron chi connectivity index (χ1n) is 4.25. The van der Waals surface area contributed by atoms with E-state index in [1.807, 2.05) is 19.1 Å². The average Bonchev–Trinajstić information content (AvgIpc) is 2.45. The zero-order valence-corrected chi connectivity index (χ0v) is 9.29. The van der Waals surface area contributed by atoms with Crippen LogP contribution >= 0.6 is 24.0 Å². The maximum atomic E-state index is 13.0. The molecule has 0 saturated heterocycles. The number of thiol groups is 1. The Balaban J connectivity index is 2.66. The van der Waals surface area contributed by atoms with Crippen molar-refractivity contribution in [2.45, 2.75) is 11.8 Å². The van der Waals surface area contributed by atoms with Crippen molar-refractivity contribution in [3.8, 4) is 5.75 Å². The number of hydrogen-bond donors (Lipinski definition) is 1. The molecule has 0 radical (unpaired) electrons. The Morgan fingerprint density at radius 1 is 1.43 bits per heavy atom. The van der Waals surface area contributed by atoms with E-state index in [1.165, 1.54) is 6.07 Å². The number of fused-ring (bicyclic) bond motifs is 1. The maximum Gasteiger partial charge on any atom is 0.177 e. The van der Waals surface area contributed by atoms with Gasteiger partial charge in [0, 0.05) is 10.3 Å². The van der Waals surface area contributed by atoms with E-state index in [-0.39, 0.29) is 5.13 Å². The van der Waals surface area contributed by atoms with Gasteiger partial charge in [0.05, 0.1) is 11.3 Å². The monoisotopic (exact) mass is 228 g/mol. The zero-order chi connectivity index (χ0) is 10.1. The molecule has 0 aliphatic rings. The van der Waals surface area contributed by atoms with E-state index in [0.29, 0.717) is 12.4 Å². The fourth-order valence-electron chi connectivity index (χ4n) is 1.34. The summed E-state index contributed by atoms with van der Waals surface area (Å²) >= 11 is 5.34. The Hall–Kier alpha value is -0.740. The number of thiophene rings is 1. The molecule has 1 nitrogen and oxygen atoms in total. The lowest BCUT2D eigenvalue weighted by molar-refractivity contribution is 0.344. The largest absolute Gasteiger partial charge is 0.492 e. The molecule has 0 saturated carbocycles. The molecule has 2 rings (SSSR count). The predicted octanol–water partition coefficient (Wildman–Crippen LogP) is 3.73. The minimum atomic E-state index is -0.195. The molecular weight excluding hydrogens is 219 g/mol. The zero-order valence-electron chi connectivity index (χ0n) is 7.58. The van der Waals surface area contributed by atoms with Crippen LogP contribution in [0.1, 0.15) is 6.92 Å². The topological polar surface area (TPSA) is 9.23 Å². The van der Waals surface area contributed by atoms with Gasteiger partial charge in [-0.15, -0.1) is 24.0 Å².